The molecule has 4 rings (SSSR count). The molecule has 0 spiro atoms. The Bertz CT molecular complexity index is 1770. The van der Waals surface area contributed by atoms with Crippen molar-refractivity contribution in [2.24, 2.45) is 0 Å². The van der Waals surface area contributed by atoms with E-state index in [0.29, 0.717) is 22.0 Å². The largest absolute Gasteiger partial charge is 0.352 e. The number of nitrogens with zero attached hydrogens (tertiary/aromatic N) is 2. The highest BCUT2D eigenvalue weighted by molar-refractivity contribution is 7.92. The van der Waals surface area contributed by atoms with Gasteiger partial charge in [-0.2, -0.15) is 0 Å². The molecule has 0 aliphatic carbocycles. The highest BCUT2D eigenvalue weighted by Crippen LogP contribution is 2.29. The van der Waals surface area contributed by atoms with Gasteiger partial charge in [0.1, 0.15) is 12.6 Å². The number of rotatable bonds is 13. The SMILES string of the molecule is CC[C@@H](C)NC(=O)[C@@H](Cc1ccccc1)N(Cc1ccccc1Cl)C(=O)CN(c1ccc(C)c(Cl)c1)S(=O)(=O)c1ccc(C)cc1. The Balaban J connectivity index is 1.83. The van der Waals surface area contributed by atoms with Crippen LogP contribution in [-0.4, -0.2) is 43.8 Å². The van der Waals surface area contributed by atoms with Crippen LogP contribution in [0.3, 0.4) is 0 Å². The number of halogens is 2. The molecule has 2 atom stereocenters. The van der Waals surface area contributed by atoms with Gasteiger partial charge in [0.15, 0.2) is 0 Å². The first-order chi connectivity index (χ1) is 21.9. The third-order valence-electron chi connectivity index (χ3n) is 7.90. The number of nitrogens with one attached hydrogen (secondary N) is 1. The van der Waals surface area contributed by atoms with Crippen LogP contribution in [0.1, 0.15) is 42.5 Å². The predicted molar refractivity (Wildman–Crippen MR) is 186 cm³/mol. The fourth-order valence-corrected chi connectivity index (χ4v) is 6.68. The zero-order chi connectivity index (χ0) is 33.4. The Hall–Kier alpha value is -3.85. The summed E-state index contributed by atoms with van der Waals surface area (Å²) in [6.07, 6.45) is 0.902. The van der Waals surface area contributed by atoms with Crippen LogP contribution in [-0.2, 0) is 32.6 Å². The van der Waals surface area contributed by atoms with E-state index in [0.717, 1.165) is 21.0 Å². The average molecular weight is 681 g/mol. The van der Waals surface area contributed by atoms with Crippen LogP contribution in [0.5, 0.6) is 0 Å². The van der Waals surface area contributed by atoms with Crippen molar-refractivity contribution in [3.8, 4) is 0 Å². The second kappa shape index (κ2) is 15.6. The van der Waals surface area contributed by atoms with E-state index in [4.69, 9.17) is 23.2 Å². The highest BCUT2D eigenvalue weighted by atomic mass is 35.5. The molecule has 46 heavy (non-hydrogen) atoms. The minimum atomic E-state index is -4.24. The van der Waals surface area contributed by atoms with Crippen LogP contribution >= 0.6 is 23.2 Å². The van der Waals surface area contributed by atoms with E-state index in [2.05, 4.69) is 5.32 Å². The van der Waals surface area contributed by atoms with Crippen molar-refractivity contribution in [2.75, 3.05) is 10.8 Å². The number of carbonyl (C=O) groups excluding carboxylic acids is 2. The van der Waals surface area contributed by atoms with Crippen molar-refractivity contribution < 1.29 is 18.0 Å². The van der Waals surface area contributed by atoms with E-state index in [1.54, 1.807) is 48.5 Å². The molecule has 4 aromatic carbocycles. The number of benzene rings is 4. The summed E-state index contributed by atoms with van der Waals surface area (Å²) in [5.74, 6) is -0.919. The van der Waals surface area contributed by atoms with Crippen LogP contribution in [0.15, 0.2) is 102 Å². The minimum absolute atomic E-state index is 0.0169. The van der Waals surface area contributed by atoms with E-state index < -0.39 is 28.5 Å². The number of aryl methyl sites for hydroxylation is 2. The van der Waals surface area contributed by atoms with E-state index in [1.165, 1.54) is 23.1 Å². The first-order valence-corrected chi connectivity index (χ1v) is 17.3. The van der Waals surface area contributed by atoms with Crippen LogP contribution in [0.4, 0.5) is 5.69 Å². The zero-order valence-corrected chi connectivity index (χ0v) is 28.7. The molecule has 0 fully saturated rings. The van der Waals surface area contributed by atoms with Gasteiger partial charge in [-0.05, 0) is 74.2 Å². The molecule has 0 aliphatic rings. The molecule has 242 valence electrons. The van der Waals surface area contributed by atoms with Gasteiger partial charge in [-0.3, -0.25) is 13.9 Å². The lowest BCUT2D eigenvalue weighted by Gasteiger charge is -2.34. The lowest BCUT2D eigenvalue weighted by atomic mass is 10.0. The summed E-state index contributed by atoms with van der Waals surface area (Å²) in [6, 6.07) is 26.7. The number of anilines is 1. The molecule has 0 saturated heterocycles. The first kappa shape index (κ1) is 35.0. The standard InChI is InChI=1S/C36H39Cl2N3O4S/c1-5-27(4)39-36(43)34(21-28-11-7-6-8-12-28)40(23-29-13-9-10-14-32(29)37)35(42)24-41(30-18-17-26(3)33(38)22-30)46(44,45)31-19-15-25(2)16-20-31/h6-20,22,27,34H,5,21,23-24H2,1-4H3,(H,39,43)/t27-,34-/m1/s1. The van der Waals surface area contributed by atoms with Crippen LogP contribution in [0.2, 0.25) is 10.0 Å². The molecule has 10 heteroatoms. The smallest absolute Gasteiger partial charge is 0.264 e. The van der Waals surface area contributed by atoms with Crippen LogP contribution in [0.25, 0.3) is 0 Å². The predicted octanol–water partition coefficient (Wildman–Crippen LogP) is 7.36. The number of hydrogen-bond donors (Lipinski definition) is 1. The molecule has 0 aliphatic heterocycles. The Morgan fingerprint density at radius 2 is 1.50 bits per heavy atom. The summed E-state index contributed by atoms with van der Waals surface area (Å²) < 4.78 is 29.5. The maximum atomic E-state index is 14.6. The lowest BCUT2D eigenvalue weighted by Crippen LogP contribution is -2.54. The van der Waals surface area contributed by atoms with Gasteiger partial charge in [0, 0.05) is 29.1 Å². The molecule has 1 N–H and O–H groups in total. The Morgan fingerprint density at radius 3 is 2.13 bits per heavy atom. The summed E-state index contributed by atoms with van der Waals surface area (Å²) in [7, 11) is -4.24. The molecule has 0 bridgehead atoms. The molecular weight excluding hydrogens is 641 g/mol. The molecular formula is C36H39Cl2N3O4S. The van der Waals surface area contributed by atoms with Crippen molar-refractivity contribution >= 4 is 50.7 Å². The molecule has 0 aromatic heterocycles. The van der Waals surface area contributed by atoms with Gasteiger partial charge in [0.05, 0.1) is 10.6 Å². The fourth-order valence-electron chi connectivity index (χ4n) is 4.91. The van der Waals surface area contributed by atoms with Crippen molar-refractivity contribution in [3.05, 3.63) is 129 Å². The average Bonchev–Trinajstić information content (AvgIpc) is 3.04. The highest BCUT2D eigenvalue weighted by Gasteiger charge is 2.35. The van der Waals surface area contributed by atoms with Gasteiger partial charge in [-0.15, -0.1) is 0 Å². The van der Waals surface area contributed by atoms with E-state index >= 15 is 0 Å². The third-order valence-corrected chi connectivity index (χ3v) is 10.5. The summed E-state index contributed by atoms with van der Waals surface area (Å²) in [5, 5.41) is 3.82. The summed E-state index contributed by atoms with van der Waals surface area (Å²) in [4.78, 5) is 30.0. The van der Waals surface area contributed by atoms with Crippen molar-refractivity contribution in [1.82, 2.24) is 10.2 Å². The maximum Gasteiger partial charge on any atom is 0.264 e. The van der Waals surface area contributed by atoms with Gasteiger partial charge in [0.2, 0.25) is 11.8 Å². The van der Waals surface area contributed by atoms with Gasteiger partial charge < -0.3 is 10.2 Å². The van der Waals surface area contributed by atoms with Crippen molar-refractivity contribution in [2.45, 2.75) is 64.1 Å². The first-order valence-electron chi connectivity index (χ1n) is 15.1. The van der Waals surface area contributed by atoms with E-state index in [1.807, 2.05) is 58.0 Å². The summed E-state index contributed by atoms with van der Waals surface area (Å²) >= 11 is 13.0. The normalized spacial score (nSPS) is 12.7. The van der Waals surface area contributed by atoms with Crippen molar-refractivity contribution in [1.29, 1.82) is 0 Å². The molecule has 4 aromatic rings. The minimum Gasteiger partial charge on any atom is -0.352 e. The summed E-state index contributed by atoms with van der Waals surface area (Å²) in [6.45, 7) is 6.94. The van der Waals surface area contributed by atoms with Gasteiger partial charge in [-0.1, -0.05) is 102 Å². The van der Waals surface area contributed by atoms with E-state index in [-0.39, 0.29) is 35.5 Å². The Labute approximate surface area is 282 Å². The number of hydrogen-bond acceptors (Lipinski definition) is 4. The van der Waals surface area contributed by atoms with Crippen molar-refractivity contribution in [3.63, 3.8) is 0 Å². The molecule has 0 saturated carbocycles. The molecule has 0 unspecified atom stereocenters. The second-order valence-corrected chi connectivity index (χ2v) is 14.1. The molecule has 2 amide bonds. The number of carbonyl (C=O) groups is 2. The topological polar surface area (TPSA) is 86.8 Å². The third kappa shape index (κ3) is 8.69. The second-order valence-electron chi connectivity index (χ2n) is 11.4. The number of sulfonamides is 1. The Kier molecular flexibility index (Phi) is 11.9. The quantitative estimate of drug-likeness (QED) is 0.160. The molecule has 7 nitrogen and oxygen atoms in total. The van der Waals surface area contributed by atoms with Gasteiger partial charge >= 0.3 is 0 Å². The monoisotopic (exact) mass is 679 g/mol. The van der Waals surface area contributed by atoms with Gasteiger partial charge in [-0.25, -0.2) is 8.42 Å². The summed E-state index contributed by atoms with van der Waals surface area (Å²) in [5.41, 5.74) is 3.35. The lowest BCUT2D eigenvalue weighted by molar-refractivity contribution is -0.140. The van der Waals surface area contributed by atoms with Gasteiger partial charge in [0.25, 0.3) is 10.0 Å². The molecule has 0 heterocycles. The van der Waals surface area contributed by atoms with Crippen LogP contribution < -0.4 is 9.62 Å². The maximum absolute atomic E-state index is 14.6. The Morgan fingerprint density at radius 1 is 0.848 bits per heavy atom. The number of amides is 2. The molecule has 0 radical (unpaired) electrons. The zero-order valence-electron chi connectivity index (χ0n) is 26.4. The fraction of sp³-hybridized carbons (Fsp3) is 0.278. The van der Waals surface area contributed by atoms with E-state index in [9.17, 15) is 18.0 Å². The van der Waals surface area contributed by atoms with Crippen LogP contribution in [0, 0.1) is 13.8 Å².